The van der Waals surface area contributed by atoms with E-state index in [0.29, 0.717) is 36.4 Å². The summed E-state index contributed by atoms with van der Waals surface area (Å²) in [4.78, 5) is 22.4. The van der Waals surface area contributed by atoms with Crippen LogP contribution >= 0.6 is 11.6 Å². The van der Waals surface area contributed by atoms with Crippen molar-refractivity contribution < 1.29 is 9.53 Å². The molecule has 0 unspecified atom stereocenters. The van der Waals surface area contributed by atoms with Gasteiger partial charge in [0.25, 0.3) is 5.91 Å². The number of halogens is 1. The van der Waals surface area contributed by atoms with Gasteiger partial charge < -0.3 is 14.0 Å². The van der Waals surface area contributed by atoms with Crippen molar-refractivity contribution in [2.75, 3.05) is 19.6 Å². The van der Waals surface area contributed by atoms with E-state index >= 15 is 0 Å². The van der Waals surface area contributed by atoms with Crippen molar-refractivity contribution in [1.82, 2.24) is 19.2 Å². The molecule has 0 bridgehead atoms. The molecule has 3 heterocycles. The molecule has 2 fully saturated rings. The molecule has 1 amide bonds. The van der Waals surface area contributed by atoms with Gasteiger partial charge in [0, 0.05) is 31.9 Å². The predicted molar refractivity (Wildman–Crippen MR) is 105 cm³/mol. The molecule has 2 atom stereocenters. The van der Waals surface area contributed by atoms with Gasteiger partial charge in [-0.1, -0.05) is 18.5 Å². The molecule has 2 aliphatic rings. The van der Waals surface area contributed by atoms with Crippen molar-refractivity contribution in [2.24, 2.45) is 0 Å². The summed E-state index contributed by atoms with van der Waals surface area (Å²) in [5, 5.41) is 0.642. The van der Waals surface area contributed by atoms with Crippen LogP contribution in [0.15, 0.2) is 18.3 Å². The fraction of sp³-hybridized carbons (Fsp3) is 0.600. The van der Waals surface area contributed by atoms with Crippen LogP contribution in [0.4, 0.5) is 0 Å². The highest BCUT2D eigenvalue weighted by atomic mass is 35.5. The lowest BCUT2D eigenvalue weighted by Gasteiger charge is -2.35. The number of ether oxygens (including phenoxy) is 1. The topological polar surface area (TPSA) is 50.1 Å². The summed E-state index contributed by atoms with van der Waals surface area (Å²) in [6, 6.07) is 4.31. The van der Waals surface area contributed by atoms with Crippen molar-refractivity contribution in [1.29, 1.82) is 0 Å². The van der Waals surface area contributed by atoms with Gasteiger partial charge >= 0.3 is 0 Å². The van der Waals surface area contributed by atoms with Crippen LogP contribution in [0, 0.1) is 0 Å². The van der Waals surface area contributed by atoms with E-state index in [1.165, 1.54) is 12.8 Å². The smallest absolute Gasteiger partial charge is 0.274 e. The zero-order chi connectivity index (χ0) is 19.1. The van der Waals surface area contributed by atoms with Gasteiger partial charge in [-0.25, -0.2) is 4.98 Å². The lowest BCUT2D eigenvalue weighted by atomic mass is 10.2. The van der Waals surface area contributed by atoms with Crippen molar-refractivity contribution in [3.8, 4) is 0 Å². The molecule has 1 aliphatic carbocycles. The first kappa shape index (κ1) is 18.7. The van der Waals surface area contributed by atoms with Gasteiger partial charge in [0.05, 0.1) is 22.9 Å². The van der Waals surface area contributed by atoms with E-state index in [1.807, 2.05) is 41.5 Å². The minimum Gasteiger partial charge on any atom is -0.372 e. The van der Waals surface area contributed by atoms with Crippen LogP contribution in [0.3, 0.4) is 0 Å². The number of amides is 1. The summed E-state index contributed by atoms with van der Waals surface area (Å²) in [5.74, 6) is -0.0151. The molecule has 0 N–H and O–H groups in total. The Labute approximate surface area is 165 Å². The van der Waals surface area contributed by atoms with E-state index in [1.54, 1.807) is 0 Å². The van der Waals surface area contributed by atoms with Crippen LogP contribution in [-0.2, 0) is 11.3 Å². The monoisotopic (exact) mass is 390 g/mol. The molecular weight excluding hydrogens is 364 g/mol. The first-order valence-corrected chi connectivity index (χ1v) is 10.2. The van der Waals surface area contributed by atoms with Crippen LogP contribution in [0.25, 0.3) is 5.65 Å². The first-order chi connectivity index (χ1) is 13.0. The molecular formula is C20H27ClN4O2. The van der Waals surface area contributed by atoms with E-state index in [9.17, 15) is 4.79 Å². The number of imidazole rings is 1. The molecule has 0 aromatic carbocycles. The zero-order valence-electron chi connectivity index (χ0n) is 16.2. The molecule has 7 heteroatoms. The number of morpholine rings is 1. The van der Waals surface area contributed by atoms with Crippen LogP contribution in [0.1, 0.15) is 49.8 Å². The van der Waals surface area contributed by atoms with Gasteiger partial charge in [-0.3, -0.25) is 9.69 Å². The molecule has 2 aromatic heterocycles. The van der Waals surface area contributed by atoms with Gasteiger partial charge in [0.2, 0.25) is 0 Å². The second kappa shape index (κ2) is 7.41. The number of carbonyl (C=O) groups excluding carboxylic acids is 1. The molecule has 27 heavy (non-hydrogen) atoms. The summed E-state index contributed by atoms with van der Waals surface area (Å²) in [6.45, 7) is 9.03. The fourth-order valence-corrected chi connectivity index (χ4v) is 4.17. The minimum absolute atomic E-state index is 0.0151. The number of hydrogen-bond donors (Lipinski definition) is 0. The average molecular weight is 391 g/mol. The summed E-state index contributed by atoms with van der Waals surface area (Å²) in [6.07, 6.45) is 4.39. The van der Waals surface area contributed by atoms with Gasteiger partial charge in [0.1, 0.15) is 5.65 Å². The van der Waals surface area contributed by atoms with Gasteiger partial charge in [-0.2, -0.15) is 0 Å². The summed E-state index contributed by atoms with van der Waals surface area (Å²) >= 11 is 6.24. The van der Waals surface area contributed by atoms with E-state index in [4.69, 9.17) is 21.3 Å². The lowest BCUT2D eigenvalue weighted by Crippen LogP contribution is -2.48. The van der Waals surface area contributed by atoms with Crippen molar-refractivity contribution in [2.45, 2.75) is 58.4 Å². The molecule has 0 radical (unpaired) electrons. The molecule has 146 valence electrons. The number of fused-ring (bicyclic) bond motifs is 1. The van der Waals surface area contributed by atoms with Gasteiger partial charge in [0.15, 0.2) is 5.69 Å². The van der Waals surface area contributed by atoms with E-state index in [2.05, 4.69) is 11.8 Å². The number of nitrogens with zero attached hydrogens (tertiary/aromatic N) is 4. The Hall–Kier alpha value is -1.63. The number of pyridine rings is 1. The number of aromatic nitrogens is 2. The Morgan fingerprint density at radius 2 is 2.00 bits per heavy atom. The summed E-state index contributed by atoms with van der Waals surface area (Å²) in [7, 11) is 0. The molecule has 2 aromatic rings. The molecule has 1 saturated heterocycles. The van der Waals surface area contributed by atoms with Crippen LogP contribution < -0.4 is 0 Å². The van der Waals surface area contributed by atoms with Crippen molar-refractivity contribution in [3.05, 3.63) is 34.7 Å². The highest BCUT2D eigenvalue weighted by Gasteiger charge is 2.33. The maximum absolute atomic E-state index is 13.4. The highest BCUT2D eigenvalue weighted by molar-refractivity contribution is 6.30. The predicted octanol–water partition coefficient (Wildman–Crippen LogP) is 3.22. The van der Waals surface area contributed by atoms with Crippen LogP contribution in [0.2, 0.25) is 5.02 Å². The lowest BCUT2D eigenvalue weighted by molar-refractivity contribution is -0.0587. The molecule has 0 spiro atoms. The second-order valence-electron chi connectivity index (χ2n) is 7.74. The largest absolute Gasteiger partial charge is 0.372 e. The van der Waals surface area contributed by atoms with Crippen LogP contribution in [0.5, 0.6) is 0 Å². The van der Waals surface area contributed by atoms with Gasteiger partial charge in [-0.05, 0) is 45.4 Å². The van der Waals surface area contributed by atoms with Crippen LogP contribution in [-0.4, -0.2) is 63.0 Å². The average Bonchev–Trinajstić information content (AvgIpc) is 3.41. The number of hydrogen-bond acceptors (Lipinski definition) is 4. The summed E-state index contributed by atoms with van der Waals surface area (Å²) in [5.41, 5.74) is 2.23. The standard InChI is InChI=1S/C20H27ClN4O2/c1-4-23(16-6-7-16)12-17-19(22-18-8-5-15(21)11-25(17)18)20(26)24-9-13(2)27-14(3)10-24/h5,8,11,13-14,16H,4,6-7,9-10,12H2,1-3H3/t13-,14+. The van der Waals surface area contributed by atoms with Gasteiger partial charge in [-0.15, -0.1) is 0 Å². The third kappa shape index (κ3) is 3.84. The highest BCUT2D eigenvalue weighted by Crippen LogP contribution is 2.29. The number of carbonyl (C=O) groups is 1. The maximum atomic E-state index is 13.4. The second-order valence-corrected chi connectivity index (χ2v) is 8.18. The normalized spacial score (nSPS) is 23.4. The molecule has 1 saturated carbocycles. The minimum atomic E-state index is -0.0151. The third-order valence-corrected chi connectivity index (χ3v) is 5.64. The Morgan fingerprint density at radius 1 is 1.30 bits per heavy atom. The fourth-order valence-electron chi connectivity index (χ4n) is 4.01. The van der Waals surface area contributed by atoms with E-state index in [-0.39, 0.29) is 18.1 Å². The van der Waals surface area contributed by atoms with Crippen molar-refractivity contribution >= 4 is 23.2 Å². The third-order valence-electron chi connectivity index (χ3n) is 5.41. The number of rotatable bonds is 5. The Morgan fingerprint density at radius 3 is 2.63 bits per heavy atom. The maximum Gasteiger partial charge on any atom is 0.274 e. The Bertz CT molecular complexity index is 838. The Balaban J connectivity index is 1.72. The Kier molecular flexibility index (Phi) is 5.14. The SMILES string of the molecule is CCN(Cc1c(C(=O)N2C[C@@H](C)O[C@@H](C)C2)nc2ccc(Cl)cn12)C1CC1. The summed E-state index contributed by atoms with van der Waals surface area (Å²) < 4.78 is 7.76. The first-order valence-electron chi connectivity index (χ1n) is 9.81. The molecule has 6 nitrogen and oxygen atoms in total. The van der Waals surface area contributed by atoms with E-state index in [0.717, 1.165) is 17.9 Å². The van der Waals surface area contributed by atoms with E-state index < -0.39 is 0 Å². The molecule has 1 aliphatic heterocycles. The molecule has 4 rings (SSSR count). The quantitative estimate of drug-likeness (QED) is 0.786. The van der Waals surface area contributed by atoms with Crippen molar-refractivity contribution in [3.63, 3.8) is 0 Å². The zero-order valence-corrected chi connectivity index (χ0v) is 16.9.